The Labute approximate surface area is 77.6 Å². The third kappa shape index (κ3) is 4.66. The van der Waals surface area contributed by atoms with E-state index in [1.54, 1.807) is 0 Å². The van der Waals surface area contributed by atoms with Crippen LogP contribution in [0.4, 0.5) is 35.1 Å². The van der Waals surface area contributed by atoms with Crippen molar-refractivity contribution in [3.05, 3.63) is 23.7 Å². The fraction of sp³-hybridized carbons (Fsp3) is 0.333. The Kier molecular flexibility index (Phi) is 4.56. The van der Waals surface area contributed by atoms with Crippen LogP contribution < -0.4 is 0 Å². The summed E-state index contributed by atoms with van der Waals surface area (Å²) in [6.07, 6.45) is -8.60. The van der Waals surface area contributed by atoms with Crippen LogP contribution in [0, 0.1) is 0 Å². The molecule has 0 aliphatic heterocycles. The number of alkyl halides is 3. The van der Waals surface area contributed by atoms with Gasteiger partial charge in [0.25, 0.3) is 0 Å². The average Bonchev–Trinajstić information content (AvgIpc) is 2.10. The van der Waals surface area contributed by atoms with Crippen LogP contribution in [0.15, 0.2) is 23.7 Å². The Balaban J connectivity index is 4.52. The molecule has 0 aromatic carbocycles. The Morgan fingerprint density at radius 2 is 1.40 bits per heavy atom. The molecule has 0 fully saturated rings. The lowest BCUT2D eigenvalue weighted by Crippen LogP contribution is -2.11. The van der Waals surface area contributed by atoms with E-state index in [-0.39, 0.29) is 0 Å². The van der Waals surface area contributed by atoms with Gasteiger partial charge in [0.1, 0.15) is 6.61 Å². The Morgan fingerprint density at radius 3 is 1.73 bits per heavy atom. The summed E-state index contributed by atoms with van der Waals surface area (Å²) in [4.78, 5) is 0. The second-order valence-electron chi connectivity index (χ2n) is 2.04. The van der Waals surface area contributed by atoms with Gasteiger partial charge >= 0.3 is 18.3 Å². The maximum atomic E-state index is 12.1. The summed E-state index contributed by atoms with van der Waals surface area (Å²) >= 11 is 0. The lowest BCUT2D eigenvalue weighted by atomic mass is 10.4. The highest BCUT2D eigenvalue weighted by Crippen LogP contribution is 2.30. The number of hydrogen-bond donors (Lipinski definition) is 0. The van der Waals surface area contributed by atoms with E-state index in [1.807, 2.05) is 0 Å². The molecule has 0 rings (SSSR count). The minimum absolute atomic E-state index is 1.91. The van der Waals surface area contributed by atoms with Crippen molar-refractivity contribution in [2.45, 2.75) is 6.18 Å². The fourth-order valence-electron chi connectivity index (χ4n) is 0.398. The SMILES string of the molecule is FC(F)=C(F)OC/C(F)=C(\F)C(F)(F)F. The molecule has 0 aromatic heterocycles. The molecule has 1 nitrogen and oxygen atoms in total. The number of halogens is 8. The second kappa shape index (κ2) is 4.99. The number of hydrogen-bond acceptors (Lipinski definition) is 1. The van der Waals surface area contributed by atoms with Gasteiger partial charge in [0.05, 0.1) is 0 Å². The van der Waals surface area contributed by atoms with Gasteiger partial charge in [-0.25, -0.2) is 4.39 Å². The smallest absolute Gasteiger partial charge is 0.445 e. The predicted octanol–water partition coefficient (Wildman–Crippen LogP) is 3.75. The van der Waals surface area contributed by atoms with Crippen molar-refractivity contribution >= 4 is 0 Å². The van der Waals surface area contributed by atoms with E-state index in [0.29, 0.717) is 0 Å². The van der Waals surface area contributed by atoms with Crippen LogP contribution in [0.5, 0.6) is 0 Å². The van der Waals surface area contributed by atoms with Crippen molar-refractivity contribution in [2.24, 2.45) is 0 Å². The van der Waals surface area contributed by atoms with Crippen molar-refractivity contribution in [1.82, 2.24) is 0 Å². The van der Waals surface area contributed by atoms with Crippen molar-refractivity contribution in [3.8, 4) is 0 Å². The van der Waals surface area contributed by atoms with Crippen LogP contribution >= 0.6 is 0 Å². The molecule has 88 valence electrons. The molecule has 0 amide bonds. The van der Waals surface area contributed by atoms with E-state index in [1.165, 1.54) is 0 Å². The molecule has 0 atom stereocenters. The van der Waals surface area contributed by atoms with Crippen LogP contribution in [0.25, 0.3) is 0 Å². The standard InChI is InChI=1S/C6H2F8O/c7-2(3(8)6(12,13)14)1-15-5(11)4(9)10/h1H2/b3-2+. The highest BCUT2D eigenvalue weighted by Gasteiger charge is 2.38. The highest BCUT2D eigenvalue weighted by atomic mass is 19.4. The molecule has 0 N–H and O–H groups in total. The first-order valence-electron chi connectivity index (χ1n) is 3.11. The van der Waals surface area contributed by atoms with Crippen molar-refractivity contribution in [2.75, 3.05) is 6.61 Å². The van der Waals surface area contributed by atoms with Gasteiger partial charge in [-0.15, -0.1) is 0 Å². The van der Waals surface area contributed by atoms with E-state index < -0.39 is 36.5 Å². The maximum absolute atomic E-state index is 12.1. The molecule has 15 heavy (non-hydrogen) atoms. The first-order chi connectivity index (χ1) is 6.66. The molecule has 0 spiro atoms. The summed E-state index contributed by atoms with van der Waals surface area (Å²) in [5.41, 5.74) is 0. The van der Waals surface area contributed by atoms with Gasteiger partial charge < -0.3 is 4.74 Å². The predicted molar refractivity (Wildman–Crippen MR) is 31.6 cm³/mol. The molecule has 0 unspecified atom stereocenters. The number of rotatable bonds is 3. The Hall–Kier alpha value is -1.28. The summed E-state index contributed by atoms with van der Waals surface area (Å²) in [7, 11) is 0. The van der Waals surface area contributed by atoms with Gasteiger partial charge in [0.15, 0.2) is 5.83 Å². The Morgan fingerprint density at radius 1 is 0.933 bits per heavy atom. The summed E-state index contributed by atoms with van der Waals surface area (Å²) in [5, 5.41) is 0. The lowest BCUT2D eigenvalue weighted by molar-refractivity contribution is -0.112. The van der Waals surface area contributed by atoms with E-state index in [4.69, 9.17) is 0 Å². The lowest BCUT2D eigenvalue weighted by Gasteiger charge is -2.05. The third-order valence-electron chi connectivity index (χ3n) is 0.961. The Bertz CT molecular complexity index is 284. The molecule has 0 bridgehead atoms. The van der Waals surface area contributed by atoms with Gasteiger partial charge in [-0.2, -0.15) is 30.7 Å². The molecule has 0 aliphatic rings. The summed E-state index contributed by atoms with van der Waals surface area (Å²) in [6.45, 7) is -1.91. The van der Waals surface area contributed by atoms with Gasteiger partial charge in [0, 0.05) is 0 Å². The molecule has 0 saturated heterocycles. The molecular weight excluding hydrogens is 240 g/mol. The van der Waals surface area contributed by atoms with Gasteiger partial charge in [-0.1, -0.05) is 0 Å². The maximum Gasteiger partial charge on any atom is 0.445 e. The quantitative estimate of drug-likeness (QED) is 0.541. The van der Waals surface area contributed by atoms with Crippen molar-refractivity contribution in [1.29, 1.82) is 0 Å². The molecule has 0 radical (unpaired) electrons. The van der Waals surface area contributed by atoms with Crippen LogP contribution in [0.3, 0.4) is 0 Å². The largest absolute Gasteiger partial charge is 0.460 e. The van der Waals surface area contributed by atoms with Crippen LogP contribution in [-0.4, -0.2) is 12.8 Å². The van der Waals surface area contributed by atoms with Gasteiger partial charge in [-0.05, 0) is 0 Å². The highest BCUT2D eigenvalue weighted by molar-refractivity contribution is 5.06. The topological polar surface area (TPSA) is 9.23 Å². The van der Waals surface area contributed by atoms with Crippen molar-refractivity contribution in [3.63, 3.8) is 0 Å². The zero-order chi connectivity index (χ0) is 12.2. The molecule has 0 aliphatic carbocycles. The minimum Gasteiger partial charge on any atom is -0.460 e. The summed E-state index contributed by atoms with van der Waals surface area (Å²) < 4.78 is 95.7. The fourth-order valence-corrected chi connectivity index (χ4v) is 0.398. The normalized spacial score (nSPS) is 13.3. The first kappa shape index (κ1) is 13.7. The van der Waals surface area contributed by atoms with Gasteiger partial charge in [0.2, 0.25) is 5.83 Å². The van der Waals surface area contributed by atoms with E-state index in [9.17, 15) is 35.1 Å². The molecule has 0 heterocycles. The van der Waals surface area contributed by atoms with Crippen LogP contribution in [-0.2, 0) is 4.74 Å². The van der Waals surface area contributed by atoms with Crippen molar-refractivity contribution < 1.29 is 39.9 Å². The van der Waals surface area contributed by atoms with E-state index in [0.717, 1.165) is 0 Å². The first-order valence-corrected chi connectivity index (χ1v) is 3.11. The second-order valence-corrected chi connectivity index (χ2v) is 2.04. The van der Waals surface area contributed by atoms with Gasteiger partial charge in [-0.3, -0.25) is 0 Å². The zero-order valence-corrected chi connectivity index (χ0v) is 6.64. The average molecular weight is 242 g/mol. The molecule has 0 saturated carbocycles. The molecule has 9 heteroatoms. The molecule has 0 aromatic rings. The number of ether oxygens (including phenoxy) is 1. The van der Waals surface area contributed by atoms with Crippen LogP contribution in [0.1, 0.15) is 0 Å². The van der Waals surface area contributed by atoms with E-state index >= 15 is 0 Å². The third-order valence-corrected chi connectivity index (χ3v) is 0.961. The zero-order valence-electron chi connectivity index (χ0n) is 6.64. The monoisotopic (exact) mass is 242 g/mol. The summed E-state index contributed by atoms with van der Waals surface area (Å²) in [5.74, 6) is -5.69. The number of allylic oxidation sites excluding steroid dienone is 1. The van der Waals surface area contributed by atoms with E-state index in [2.05, 4.69) is 4.74 Å². The molecular formula is C6H2F8O. The van der Waals surface area contributed by atoms with Crippen LogP contribution in [0.2, 0.25) is 0 Å². The summed E-state index contributed by atoms with van der Waals surface area (Å²) in [6, 6.07) is -2.57. The minimum atomic E-state index is -5.61.